The molecule has 0 N–H and O–H groups in total. The minimum absolute atomic E-state index is 0.255. The zero-order valence-electron chi connectivity index (χ0n) is 15.6. The summed E-state index contributed by atoms with van der Waals surface area (Å²) in [5, 5.41) is 1.15. The number of ether oxygens (including phenoxy) is 2. The van der Waals surface area contributed by atoms with Crippen molar-refractivity contribution in [2.45, 2.75) is 19.5 Å². The van der Waals surface area contributed by atoms with Crippen LogP contribution in [0.3, 0.4) is 0 Å². The number of nitrogens with zero attached hydrogens (tertiary/aromatic N) is 2. The number of aromatic nitrogens is 1. The largest absolute Gasteiger partial charge is 0.497 e. The van der Waals surface area contributed by atoms with Crippen molar-refractivity contribution in [1.82, 2.24) is 9.88 Å². The van der Waals surface area contributed by atoms with E-state index < -0.39 is 0 Å². The molecule has 0 saturated carbocycles. The van der Waals surface area contributed by atoms with Crippen LogP contribution in [0.1, 0.15) is 27.0 Å². The quantitative estimate of drug-likeness (QED) is 0.664. The molecule has 0 atom stereocenters. The van der Waals surface area contributed by atoms with Crippen LogP contribution in [0.5, 0.6) is 5.75 Å². The van der Waals surface area contributed by atoms with Gasteiger partial charge in [-0.1, -0.05) is 12.1 Å². The first-order valence-electron chi connectivity index (χ1n) is 9.02. The van der Waals surface area contributed by atoms with E-state index in [2.05, 4.69) is 28.1 Å². The summed E-state index contributed by atoms with van der Waals surface area (Å²) in [4.78, 5) is 18.9. The molecule has 5 nitrogen and oxygen atoms in total. The molecule has 27 heavy (non-hydrogen) atoms. The van der Waals surface area contributed by atoms with E-state index in [1.165, 1.54) is 18.2 Å². The zero-order valence-corrected chi connectivity index (χ0v) is 15.6. The lowest BCUT2D eigenvalue weighted by Crippen LogP contribution is -2.31. The standard InChI is InChI=1S/C22H22N2O3/c1-26-17-6-7-19-16(8-10-23-21(19)12-17)14-24-11-9-18-15(13-24)4-3-5-20(18)22(25)27-2/h3-8,10,12H,9,11,13-14H2,1-2H3. The van der Waals surface area contributed by atoms with E-state index in [-0.39, 0.29) is 5.97 Å². The number of methoxy groups -OCH3 is 2. The lowest BCUT2D eigenvalue weighted by molar-refractivity contribution is 0.0598. The summed E-state index contributed by atoms with van der Waals surface area (Å²) in [6.07, 6.45) is 2.70. The summed E-state index contributed by atoms with van der Waals surface area (Å²) in [5.41, 5.74) is 5.19. The molecule has 1 aliphatic heterocycles. The molecule has 0 radical (unpaired) electrons. The van der Waals surface area contributed by atoms with Crippen LogP contribution >= 0.6 is 0 Å². The van der Waals surface area contributed by atoms with Gasteiger partial charge >= 0.3 is 5.97 Å². The average molecular weight is 362 g/mol. The molecule has 3 aromatic rings. The number of rotatable bonds is 4. The van der Waals surface area contributed by atoms with Gasteiger partial charge in [0.1, 0.15) is 5.75 Å². The molecule has 2 aromatic carbocycles. The molecule has 1 aromatic heterocycles. The minimum atomic E-state index is -0.255. The van der Waals surface area contributed by atoms with Gasteiger partial charge in [0.15, 0.2) is 0 Å². The molecule has 2 heterocycles. The van der Waals surface area contributed by atoms with Crippen LogP contribution in [0, 0.1) is 0 Å². The first-order valence-corrected chi connectivity index (χ1v) is 9.02. The molecule has 0 saturated heterocycles. The Balaban J connectivity index is 1.59. The first-order chi connectivity index (χ1) is 13.2. The average Bonchev–Trinajstić information content (AvgIpc) is 2.72. The van der Waals surface area contributed by atoms with E-state index >= 15 is 0 Å². The molecule has 0 aliphatic carbocycles. The third-order valence-electron chi connectivity index (χ3n) is 5.18. The van der Waals surface area contributed by atoms with Gasteiger partial charge in [0, 0.05) is 37.3 Å². The number of hydrogen-bond donors (Lipinski definition) is 0. The second kappa shape index (κ2) is 7.37. The Hall–Kier alpha value is -2.92. The van der Waals surface area contributed by atoms with Crippen LogP contribution in [0.4, 0.5) is 0 Å². The maximum Gasteiger partial charge on any atom is 0.338 e. The number of esters is 1. The van der Waals surface area contributed by atoms with Gasteiger partial charge in [-0.2, -0.15) is 0 Å². The van der Waals surface area contributed by atoms with E-state index in [0.29, 0.717) is 5.56 Å². The smallest absolute Gasteiger partial charge is 0.338 e. The van der Waals surface area contributed by atoms with Crippen LogP contribution in [-0.4, -0.2) is 36.6 Å². The molecule has 5 heteroatoms. The van der Waals surface area contributed by atoms with E-state index in [4.69, 9.17) is 9.47 Å². The third-order valence-corrected chi connectivity index (χ3v) is 5.18. The van der Waals surface area contributed by atoms with Crippen LogP contribution in [0.2, 0.25) is 0 Å². The highest BCUT2D eigenvalue weighted by Gasteiger charge is 2.22. The van der Waals surface area contributed by atoms with Crippen LogP contribution in [0.15, 0.2) is 48.7 Å². The fourth-order valence-corrected chi connectivity index (χ4v) is 3.80. The Bertz CT molecular complexity index is 1000. The van der Waals surface area contributed by atoms with Crippen molar-refractivity contribution in [2.24, 2.45) is 0 Å². The van der Waals surface area contributed by atoms with Gasteiger partial charge in [0.05, 0.1) is 25.3 Å². The second-order valence-electron chi connectivity index (χ2n) is 6.75. The molecule has 0 spiro atoms. The zero-order chi connectivity index (χ0) is 18.8. The lowest BCUT2D eigenvalue weighted by Gasteiger charge is -2.30. The van der Waals surface area contributed by atoms with Crippen LogP contribution < -0.4 is 4.74 Å². The monoisotopic (exact) mass is 362 g/mol. The fourth-order valence-electron chi connectivity index (χ4n) is 3.80. The highest BCUT2D eigenvalue weighted by Crippen LogP contribution is 2.27. The Kier molecular flexibility index (Phi) is 4.77. The summed E-state index contributed by atoms with van der Waals surface area (Å²) < 4.78 is 10.2. The normalized spacial score (nSPS) is 14.0. The highest BCUT2D eigenvalue weighted by molar-refractivity contribution is 5.91. The molecule has 4 rings (SSSR count). The maximum atomic E-state index is 12.0. The lowest BCUT2D eigenvalue weighted by atomic mass is 9.94. The summed E-state index contributed by atoms with van der Waals surface area (Å²) in [5.74, 6) is 0.559. The molecule has 138 valence electrons. The number of pyridine rings is 1. The van der Waals surface area contributed by atoms with Crippen molar-refractivity contribution in [3.63, 3.8) is 0 Å². The minimum Gasteiger partial charge on any atom is -0.497 e. The number of carbonyl (C=O) groups is 1. The van der Waals surface area contributed by atoms with Gasteiger partial charge in [-0.05, 0) is 47.4 Å². The van der Waals surface area contributed by atoms with Crippen molar-refractivity contribution in [2.75, 3.05) is 20.8 Å². The predicted molar refractivity (Wildman–Crippen MR) is 104 cm³/mol. The summed E-state index contributed by atoms with van der Waals surface area (Å²) in [6, 6.07) is 14.0. The van der Waals surface area contributed by atoms with Crippen molar-refractivity contribution < 1.29 is 14.3 Å². The van der Waals surface area contributed by atoms with Gasteiger partial charge in [0.25, 0.3) is 0 Å². The van der Waals surface area contributed by atoms with Crippen molar-refractivity contribution >= 4 is 16.9 Å². The van der Waals surface area contributed by atoms with Crippen LogP contribution in [0.25, 0.3) is 10.9 Å². The first kappa shape index (κ1) is 17.5. The molecule has 0 fully saturated rings. The number of hydrogen-bond acceptors (Lipinski definition) is 5. The molecule has 1 aliphatic rings. The number of carbonyl (C=O) groups excluding carboxylic acids is 1. The SMILES string of the molecule is COC(=O)c1cccc2c1CCN(Cc1ccnc3cc(OC)ccc13)C2. The van der Waals surface area contributed by atoms with Gasteiger partial charge < -0.3 is 9.47 Å². The summed E-state index contributed by atoms with van der Waals surface area (Å²) in [7, 11) is 3.10. The van der Waals surface area contributed by atoms with E-state index in [9.17, 15) is 4.79 Å². The van der Waals surface area contributed by atoms with E-state index in [1.54, 1.807) is 7.11 Å². The second-order valence-corrected chi connectivity index (χ2v) is 6.75. The van der Waals surface area contributed by atoms with E-state index in [0.717, 1.165) is 48.3 Å². The molecule has 0 bridgehead atoms. The molecular weight excluding hydrogens is 340 g/mol. The van der Waals surface area contributed by atoms with Gasteiger partial charge in [-0.15, -0.1) is 0 Å². The summed E-state index contributed by atoms with van der Waals surface area (Å²) >= 11 is 0. The Morgan fingerprint density at radius 2 is 2.07 bits per heavy atom. The van der Waals surface area contributed by atoms with Crippen LogP contribution in [-0.2, 0) is 24.2 Å². The summed E-state index contributed by atoms with van der Waals surface area (Å²) in [6.45, 7) is 2.56. The van der Waals surface area contributed by atoms with Gasteiger partial charge in [-0.25, -0.2) is 4.79 Å². The Morgan fingerprint density at radius 1 is 1.19 bits per heavy atom. The Labute approximate surface area is 158 Å². The number of benzene rings is 2. The van der Waals surface area contributed by atoms with Gasteiger partial charge in [-0.3, -0.25) is 9.88 Å². The Morgan fingerprint density at radius 3 is 2.89 bits per heavy atom. The highest BCUT2D eigenvalue weighted by atomic mass is 16.5. The van der Waals surface area contributed by atoms with Gasteiger partial charge in [0.2, 0.25) is 0 Å². The maximum absolute atomic E-state index is 12.0. The van der Waals surface area contributed by atoms with Crippen molar-refractivity contribution in [3.05, 3.63) is 70.9 Å². The van der Waals surface area contributed by atoms with Crippen molar-refractivity contribution in [3.8, 4) is 5.75 Å². The van der Waals surface area contributed by atoms with E-state index in [1.807, 2.05) is 30.5 Å². The predicted octanol–water partition coefficient (Wildman–Crippen LogP) is 3.59. The molecule has 0 amide bonds. The van der Waals surface area contributed by atoms with Crippen molar-refractivity contribution in [1.29, 1.82) is 0 Å². The third kappa shape index (κ3) is 3.38. The molecular formula is C22H22N2O3. The molecule has 0 unspecified atom stereocenters. The fraction of sp³-hybridized carbons (Fsp3) is 0.273. The topological polar surface area (TPSA) is 51.7 Å². The number of fused-ring (bicyclic) bond motifs is 2.